The first-order chi connectivity index (χ1) is 12.9. The molecule has 1 aliphatic rings. The molecular formula is C19H19FN2O4S. The van der Waals surface area contributed by atoms with Gasteiger partial charge in [0.25, 0.3) is 0 Å². The number of hydrogen-bond acceptors (Lipinski definition) is 4. The van der Waals surface area contributed by atoms with Crippen LogP contribution in [0.3, 0.4) is 0 Å². The molecule has 1 unspecified atom stereocenters. The maximum atomic E-state index is 13.2. The van der Waals surface area contributed by atoms with Gasteiger partial charge in [-0.2, -0.15) is 4.31 Å². The zero-order valence-electron chi connectivity index (χ0n) is 14.5. The van der Waals surface area contributed by atoms with Crippen LogP contribution in [-0.2, 0) is 10.0 Å². The molecule has 1 saturated heterocycles. The third kappa shape index (κ3) is 3.54. The van der Waals surface area contributed by atoms with Crippen molar-refractivity contribution in [3.63, 3.8) is 0 Å². The van der Waals surface area contributed by atoms with E-state index in [4.69, 9.17) is 4.42 Å². The molecule has 0 bridgehead atoms. The minimum Gasteiger partial charge on any atom is -0.408 e. The maximum absolute atomic E-state index is 13.2. The summed E-state index contributed by atoms with van der Waals surface area (Å²) in [6.07, 6.45) is 2.52. The van der Waals surface area contributed by atoms with Crippen LogP contribution < -0.4 is 5.76 Å². The van der Waals surface area contributed by atoms with Crippen molar-refractivity contribution >= 4 is 21.1 Å². The van der Waals surface area contributed by atoms with Crippen LogP contribution in [0.5, 0.6) is 0 Å². The summed E-state index contributed by atoms with van der Waals surface area (Å²) in [6, 6.07) is 10.6. The molecule has 1 atom stereocenters. The third-order valence-corrected chi connectivity index (χ3v) is 6.86. The predicted molar refractivity (Wildman–Crippen MR) is 98.6 cm³/mol. The Kier molecular flexibility index (Phi) is 4.61. The van der Waals surface area contributed by atoms with Crippen molar-refractivity contribution in [2.24, 2.45) is 0 Å². The minimum absolute atomic E-state index is 0.0142. The van der Waals surface area contributed by atoms with E-state index >= 15 is 0 Å². The van der Waals surface area contributed by atoms with Gasteiger partial charge >= 0.3 is 5.76 Å². The van der Waals surface area contributed by atoms with Gasteiger partial charge in [0.2, 0.25) is 10.0 Å². The molecular weight excluding hydrogens is 371 g/mol. The van der Waals surface area contributed by atoms with Crippen LogP contribution in [0.15, 0.2) is 56.6 Å². The molecule has 8 heteroatoms. The number of hydrogen-bond donors (Lipinski definition) is 1. The van der Waals surface area contributed by atoms with Gasteiger partial charge in [-0.15, -0.1) is 0 Å². The van der Waals surface area contributed by atoms with Gasteiger partial charge in [-0.05, 0) is 54.7 Å². The van der Waals surface area contributed by atoms with E-state index in [0.717, 1.165) is 24.8 Å². The molecule has 2 heterocycles. The summed E-state index contributed by atoms with van der Waals surface area (Å²) in [5.41, 5.74) is 1.61. The summed E-state index contributed by atoms with van der Waals surface area (Å²) < 4.78 is 46.0. The average molecular weight is 390 g/mol. The normalized spacial score (nSPS) is 19.2. The molecule has 27 heavy (non-hydrogen) atoms. The molecule has 0 aliphatic carbocycles. The zero-order valence-corrected chi connectivity index (χ0v) is 15.3. The first kappa shape index (κ1) is 17.9. The van der Waals surface area contributed by atoms with Crippen molar-refractivity contribution in [2.75, 3.05) is 13.1 Å². The van der Waals surface area contributed by atoms with E-state index in [0.29, 0.717) is 24.2 Å². The Labute approximate surface area is 155 Å². The van der Waals surface area contributed by atoms with Crippen molar-refractivity contribution in [1.29, 1.82) is 0 Å². The number of nitrogens with one attached hydrogen (secondary N) is 1. The first-order valence-corrected chi connectivity index (χ1v) is 10.3. The number of aromatic amines is 1. The third-order valence-electron chi connectivity index (χ3n) is 5.00. The van der Waals surface area contributed by atoms with E-state index in [2.05, 4.69) is 4.98 Å². The highest BCUT2D eigenvalue weighted by Gasteiger charge is 2.30. The predicted octanol–water partition coefficient (Wildman–Crippen LogP) is 3.22. The smallest absolute Gasteiger partial charge is 0.408 e. The summed E-state index contributed by atoms with van der Waals surface area (Å²) in [7, 11) is -3.72. The molecule has 0 saturated carbocycles. The molecule has 2 aromatic carbocycles. The fourth-order valence-corrected chi connectivity index (χ4v) is 5.12. The molecule has 1 aromatic heterocycles. The second-order valence-electron chi connectivity index (χ2n) is 6.78. The standard InChI is InChI=1S/C19H19FN2O4S/c20-15-6-4-13(5-7-15)14-3-1-2-10-22(12-14)27(24,25)16-8-9-18-17(11-16)21-19(23)26-18/h4-9,11,14H,1-3,10,12H2,(H,21,23). The maximum Gasteiger partial charge on any atom is 0.417 e. The van der Waals surface area contributed by atoms with Gasteiger partial charge < -0.3 is 4.42 Å². The summed E-state index contributed by atoms with van der Waals surface area (Å²) in [6.45, 7) is 0.772. The van der Waals surface area contributed by atoms with Gasteiger partial charge in [0.05, 0.1) is 10.4 Å². The number of aromatic nitrogens is 1. The van der Waals surface area contributed by atoms with Crippen LogP contribution in [0.25, 0.3) is 11.1 Å². The van der Waals surface area contributed by atoms with Crippen molar-refractivity contribution in [3.8, 4) is 0 Å². The molecule has 6 nitrogen and oxygen atoms in total. The summed E-state index contributed by atoms with van der Waals surface area (Å²) in [5.74, 6) is -0.912. The number of nitrogens with zero attached hydrogens (tertiary/aromatic N) is 1. The minimum atomic E-state index is -3.72. The van der Waals surface area contributed by atoms with Gasteiger partial charge in [0, 0.05) is 13.1 Å². The molecule has 1 fully saturated rings. The van der Waals surface area contributed by atoms with Gasteiger partial charge in [-0.25, -0.2) is 17.6 Å². The monoisotopic (exact) mass is 390 g/mol. The molecule has 0 spiro atoms. The van der Waals surface area contributed by atoms with Crippen LogP contribution in [0.1, 0.15) is 30.7 Å². The van der Waals surface area contributed by atoms with Crippen LogP contribution in [-0.4, -0.2) is 30.8 Å². The van der Waals surface area contributed by atoms with E-state index in [1.54, 1.807) is 12.1 Å². The molecule has 142 valence electrons. The van der Waals surface area contributed by atoms with Gasteiger partial charge in [-0.3, -0.25) is 4.98 Å². The van der Waals surface area contributed by atoms with Gasteiger partial charge in [0.15, 0.2) is 5.58 Å². The summed E-state index contributed by atoms with van der Waals surface area (Å²) >= 11 is 0. The van der Waals surface area contributed by atoms with Crippen LogP contribution in [0.4, 0.5) is 4.39 Å². The quantitative estimate of drug-likeness (QED) is 0.744. The molecule has 0 radical (unpaired) electrons. The second kappa shape index (κ2) is 6.94. The molecule has 4 rings (SSSR count). The fourth-order valence-electron chi connectivity index (χ4n) is 3.57. The van der Waals surface area contributed by atoms with Gasteiger partial charge in [-0.1, -0.05) is 18.6 Å². The highest BCUT2D eigenvalue weighted by molar-refractivity contribution is 7.89. The lowest BCUT2D eigenvalue weighted by Crippen LogP contribution is -2.34. The Bertz CT molecular complexity index is 1120. The van der Waals surface area contributed by atoms with Crippen molar-refractivity contribution in [2.45, 2.75) is 30.1 Å². The van der Waals surface area contributed by atoms with E-state index in [-0.39, 0.29) is 16.6 Å². The number of benzene rings is 2. The Morgan fingerprint density at radius 1 is 1.11 bits per heavy atom. The van der Waals surface area contributed by atoms with Crippen LogP contribution in [0.2, 0.25) is 0 Å². The lowest BCUT2D eigenvalue weighted by Gasteiger charge is -2.24. The summed E-state index contributed by atoms with van der Waals surface area (Å²) in [4.78, 5) is 13.9. The number of halogens is 1. The Balaban J connectivity index is 1.66. The lowest BCUT2D eigenvalue weighted by molar-refractivity contribution is 0.406. The van der Waals surface area contributed by atoms with Crippen molar-refractivity contribution in [1.82, 2.24) is 9.29 Å². The topological polar surface area (TPSA) is 83.4 Å². The number of rotatable bonds is 3. The SMILES string of the molecule is O=c1[nH]c2cc(S(=O)(=O)N3CCCCC(c4ccc(F)cc4)C3)ccc2o1. The second-order valence-corrected chi connectivity index (χ2v) is 8.72. The van der Waals surface area contributed by atoms with Crippen LogP contribution >= 0.6 is 0 Å². The van der Waals surface area contributed by atoms with Crippen molar-refractivity contribution < 1.29 is 17.2 Å². The van der Waals surface area contributed by atoms with Crippen molar-refractivity contribution in [3.05, 3.63) is 64.4 Å². The molecule has 1 aliphatic heterocycles. The van der Waals surface area contributed by atoms with E-state index in [1.807, 2.05) is 0 Å². The van der Waals surface area contributed by atoms with E-state index in [1.165, 1.54) is 34.6 Å². The highest BCUT2D eigenvalue weighted by atomic mass is 32.2. The molecule has 0 amide bonds. The van der Waals surface area contributed by atoms with E-state index in [9.17, 15) is 17.6 Å². The van der Waals surface area contributed by atoms with Gasteiger partial charge in [0.1, 0.15) is 5.82 Å². The number of H-pyrrole nitrogens is 1. The average Bonchev–Trinajstić information content (AvgIpc) is 2.85. The zero-order chi connectivity index (χ0) is 19.0. The molecule has 3 aromatic rings. The summed E-state index contributed by atoms with van der Waals surface area (Å²) in [5, 5.41) is 0. The fraction of sp³-hybridized carbons (Fsp3) is 0.316. The Morgan fingerprint density at radius 2 is 1.89 bits per heavy atom. The highest BCUT2D eigenvalue weighted by Crippen LogP contribution is 2.30. The first-order valence-electron chi connectivity index (χ1n) is 8.82. The lowest BCUT2D eigenvalue weighted by atomic mass is 9.95. The van der Waals surface area contributed by atoms with E-state index < -0.39 is 15.8 Å². The van der Waals surface area contributed by atoms with Crippen LogP contribution in [0, 0.1) is 5.82 Å². The largest absolute Gasteiger partial charge is 0.417 e. The molecule has 1 N–H and O–H groups in total. The Morgan fingerprint density at radius 3 is 2.67 bits per heavy atom. The number of sulfonamides is 1. The number of oxazole rings is 1. The number of fused-ring (bicyclic) bond motifs is 1. The Hall–Kier alpha value is -2.45.